The maximum atomic E-state index is 2.50. The molecule has 0 aromatic rings. The Labute approximate surface area is 141 Å². The van der Waals surface area contributed by atoms with Gasteiger partial charge in [0.15, 0.2) is 0 Å². The molecule has 0 heteroatoms. The van der Waals surface area contributed by atoms with Crippen LogP contribution in [0.25, 0.3) is 0 Å². The van der Waals surface area contributed by atoms with Crippen molar-refractivity contribution in [1.82, 2.24) is 0 Å². The zero-order valence-corrected chi connectivity index (χ0v) is 15.9. The lowest BCUT2D eigenvalue weighted by Crippen LogP contribution is -2.08. The Kier molecular flexibility index (Phi) is 13.3. The first kappa shape index (κ1) is 20.0. The lowest BCUT2D eigenvalue weighted by atomic mass is 9.86. The molecule has 0 amide bonds. The van der Waals surface area contributed by atoms with Gasteiger partial charge in [-0.2, -0.15) is 0 Å². The van der Waals surface area contributed by atoms with Crippen LogP contribution in [0.4, 0.5) is 0 Å². The van der Waals surface area contributed by atoms with Crippen molar-refractivity contribution < 1.29 is 0 Å². The van der Waals surface area contributed by atoms with Gasteiger partial charge in [-0.25, -0.2) is 0 Å². The summed E-state index contributed by atoms with van der Waals surface area (Å²) in [5.41, 5.74) is 0. The lowest BCUT2D eigenvalue weighted by Gasteiger charge is -2.20. The van der Waals surface area contributed by atoms with Gasteiger partial charge in [-0.15, -0.1) is 0 Å². The van der Waals surface area contributed by atoms with Crippen LogP contribution in [-0.2, 0) is 0 Å². The van der Waals surface area contributed by atoms with Crippen LogP contribution in [0.1, 0.15) is 129 Å². The van der Waals surface area contributed by atoms with Crippen LogP contribution in [0.2, 0.25) is 0 Å². The van der Waals surface area contributed by atoms with Gasteiger partial charge in [0.1, 0.15) is 0 Å². The second-order valence-corrected chi connectivity index (χ2v) is 8.19. The van der Waals surface area contributed by atoms with Crippen molar-refractivity contribution in [3.05, 3.63) is 0 Å². The highest BCUT2D eigenvalue weighted by atomic mass is 14.2. The van der Waals surface area contributed by atoms with Crippen LogP contribution in [-0.4, -0.2) is 0 Å². The van der Waals surface area contributed by atoms with Crippen molar-refractivity contribution in [1.29, 1.82) is 0 Å². The van der Waals surface area contributed by atoms with Crippen LogP contribution in [0.5, 0.6) is 0 Å². The van der Waals surface area contributed by atoms with E-state index in [2.05, 4.69) is 13.8 Å². The van der Waals surface area contributed by atoms with Gasteiger partial charge in [-0.3, -0.25) is 0 Å². The van der Waals surface area contributed by atoms with Crippen molar-refractivity contribution in [2.45, 2.75) is 129 Å². The SMILES string of the molecule is CC1CCCCCCCCCCCCCCCCCCC1C. The third-order valence-electron chi connectivity index (χ3n) is 6.04. The van der Waals surface area contributed by atoms with E-state index in [9.17, 15) is 0 Å². The predicted octanol–water partition coefficient (Wildman–Crippen LogP) is 8.29. The molecule has 22 heavy (non-hydrogen) atoms. The molecule has 1 fully saturated rings. The van der Waals surface area contributed by atoms with Gasteiger partial charge < -0.3 is 0 Å². The summed E-state index contributed by atoms with van der Waals surface area (Å²) in [6.45, 7) is 4.99. The summed E-state index contributed by atoms with van der Waals surface area (Å²) >= 11 is 0. The van der Waals surface area contributed by atoms with Gasteiger partial charge in [-0.1, -0.05) is 129 Å². The average molecular weight is 309 g/mol. The fraction of sp³-hybridized carbons (Fsp3) is 1.00. The molecule has 0 N–H and O–H groups in total. The third kappa shape index (κ3) is 11.6. The van der Waals surface area contributed by atoms with Gasteiger partial charge in [-0.05, 0) is 11.8 Å². The van der Waals surface area contributed by atoms with E-state index in [1.54, 1.807) is 0 Å². The van der Waals surface area contributed by atoms with Gasteiger partial charge in [0, 0.05) is 0 Å². The minimum Gasteiger partial charge on any atom is -0.0623 e. The van der Waals surface area contributed by atoms with E-state index in [4.69, 9.17) is 0 Å². The van der Waals surface area contributed by atoms with Crippen LogP contribution in [0, 0.1) is 11.8 Å². The highest BCUT2D eigenvalue weighted by molar-refractivity contribution is 4.63. The van der Waals surface area contributed by atoms with Crippen LogP contribution in [0.3, 0.4) is 0 Å². The van der Waals surface area contributed by atoms with E-state index in [1.165, 1.54) is 116 Å². The summed E-state index contributed by atoms with van der Waals surface area (Å²) in [6.07, 6.45) is 26.8. The molecule has 0 spiro atoms. The predicted molar refractivity (Wildman–Crippen MR) is 101 cm³/mol. The summed E-state index contributed by atoms with van der Waals surface area (Å²) in [7, 11) is 0. The molecule has 1 rings (SSSR count). The van der Waals surface area contributed by atoms with Gasteiger partial charge in [0.25, 0.3) is 0 Å². The third-order valence-corrected chi connectivity index (χ3v) is 6.04. The molecule has 0 aromatic heterocycles. The highest BCUT2D eigenvalue weighted by Gasteiger charge is 2.11. The zero-order chi connectivity index (χ0) is 15.9. The minimum absolute atomic E-state index is 0.950. The maximum Gasteiger partial charge on any atom is -0.0417 e. The minimum atomic E-state index is 0.950. The first-order valence-electron chi connectivity index (χ1n) is 10.8. The van der Waals surface area contributed by atoms with Crippen molar-refractivity contribution in [3.63, 3.8) is 0 Å². The molecule has 132 valence electrons. The van der Waals surface area contributed by atoms with Crippen molar-refractivity contribution in [2.75, 3.05) is 0 Å². The Bertz CT molecular complexity index is 196. The topological polar surface area (TPSA) is 0 Å². The molecule has 1 aliphatic carbocycles. The largest absolute Gasteiger partial charge is 0.0623 e. The van der Waals surface area contributed by atoms with Gasteiger partial charge >= 0.3 is 0 Å². The monoisotopic (exact) mass is 308 g/mol. The molecule has 1 saturated carbocycles. The van der Waals surface area contributed by atoms with E-state index in [0.717, 1.165) is 11.8 Å². The normalized spacial score (nSPS) is 29.7. The van der Waals surface area contributed by atoms with E-state index in [-0.39, 0.29) is 0 Å². The highest BCUT2D eigenvalue weighted by Crippen LogP contribution is 2.24. The Hall–Kier alpha value is 0. The molecular formula is C22H44. The summed E-state index contributed by atoms with van der Waals surface area (Å²) < 4.78 is 0. The summed E-state index contributed by atoms with van der Waals surface area (Å²) in [6, 6.07) is 0. The van der Waals surface area contributed by atoms with E-state index < -0.39 is 0 Å². The summed E-state index contributed by atoms with van der Waals surface area (Å²) in [5.74, 6) is 1.90. The fourth-order valence-electron chi connectivity index (χ4n) is 3.98. The van der Waals surface area contributed by atoms with Crippen LogP contribution < -0.4 is 0 Å². The molecule has 0 heterocycles. The maximum absolute atomic E-state index is 2.50. The summed E-state index contributed by atoms with van der Waals surface area (Å²) in [5, 5.41) is 0. The number of hydrogen-bond acceptors (Lipinski definition) is 0. The molecule has 0 radical (unpaired) electrons. The molecule has 0 nitrogen and oxygen atoms in total. The first-order valence-corrected chi connectivity index (χ1v) is 10.8. The lowest BCUT2D eigenvalue weighted by molar-refractivity contribution is 0.321. The quantitative estimate of drug-likeness (QED) is 0.422. The Morgan fingerprint density at radius 3 is 0.727 bits per heavy atom. The average Bonchev–Trinajstić information content (AvgIpc) is 2.52. The molecule has 1 aliphatic rings. The van der Waals surface area contributed by atoms with Crippen LogP contribution in [0.15, 0.2) is 0 Å². The molecule has 0 aliphatic heterocycles. The molecule has 0 saturated heterocycles. The molecule has 0 bridgehead atoms. The Balaban J connectivity index is 2.16. The number of rotatable bonds is 0. The first-order chi connectivity index (χ1) is 10.8. The van der Waals surface area contributed by atoms with Crippen molar-refractivity contribution in [3.8, 4) is 0 Å². The standard InChI is InChI=1S/C22H44/c1-21-19-17-15-13-11-9-7-5-3-4-6-8-10-12-14-16-18-20-22(21)2/h21-22H,3-20H2,1-2H3. The Morgan fingerprint density at radius 2 is 0.500 bits per heavy atom. The smallest absolute Gasteiger partial charge is 0.0417 e. The molecule has 2 atom stereocenters. The molecular weight excluding hydrogens is 264 g/mol. The van der Waals surface area contributed by atoms with E-state index in [0.29, 0.717) is 0 Å². The molecule has 2 unspecified atom stereocenters. The summed E-state index contributed by atoms with van der Waals surface area (Å²) in [4.78, 5) is 0. The second-order valence-electron chi connectivity index (χ2n) is 8.19. The van der Waals surface area contributed by atoms with Crippen LogP contribution >= 0.6 is 0 Å². The zero-order valence-electron chi connectivity index (χ0n) is 15.9. The number of hydrogen-bond donors (Lipinski definition) is 0. The van der Waals surface area contributed by atoms with E-state index in [1.807, 2.05) is 0 Å². The van der Waals surface area contributed by atoms with E-state index >= 15 is 0 Å². The molecule has 0 aromatic carbocycles. The van der Waals surface area contributed by atoms with Gasteiger partial charge in [0.2, 0.25) is 0 Å². The van der Waals surface area contributed by atoms with Gasteiger partial charge in [0.05, 0.1) is 0 Å². The fourth-order valence-corrected chi connectivity index (χ4v) is 3.98. The van der Waals surface area contributed by atoms with Crippen molar-refractivity contribution in [2.24, 2.45) is 11.8 Å². The second kappa shape index (κ2) is 14.6. The van der Waals surface area contributed by atoms with Crippen molar-refractivity contribution >= 4 is 0 Å². The Morgan fingerprint density at radius 1 is 0.318 bits per heavy atom.